The topological polar surface area (TPSA) is 60.2 Å². The van der Waals surface area contributed by atoms with Gasteiger partial charge in [-0.3, -0.25) is 4.79 Å². The van der Waals surface area contributed by atoms with Crippen LogP contribution in [0.4, 0.5) is 0 Å². The normalized spacial score (nSPS) is 15.2. The fourth-order valence-electron chi connectivity index (χ4n) is 5.51. The van der Waals surface area contributed by atoms with Crippen molar-refractivity contribution < 1.29 is 9.53 Å². The van der Waals surface area contributed by atoms with Gasteiger partial charge in [0.1, 0.15) is 22.9 Å². The molecule has 6 nitrogen and oxygen atoms in total. The number of methoxy groups -OCH3 is 1. The Bertz CT molecular complexity index is 1440. The predicted molar refractivity (Wildman–Crippen MR) is 160 cm³/mol. The Balaban J connectivity index is 1.31. The third-order valence-electron chi connectivity index (χ3n) is 7.77. The van der Waals surface area contributed by atoms with Gasteiger partial charge in [0.15, 0.2) is 0 Å². The summed E-state index contributed by atoms with van der Waals surface area (Å²) in [7, 11) is 1.77. The SMILES string of the molecule is COc1c(C(C)(C)C)cc(-c2nc(C3CCN(C(=O)Cn4ccc5cccnc54)CC3)cs2)cc1C(C)(C)C. The average molecular weight is 545 g/mol. The van der Waals surface area contributed by atoms with Crippen LogP contribution >= 0.6 is 11.3 Å². The Morgan fingerprint density at radius 3 is 2.33 bits per heavy atom. The molecule has 0 aliphatic carbocycles. The van der Waals surface area contributed by atoms with Gasteiger partial charge in [-0.05, 0) is 54.0 Å². The molecule has 206 valence electrons. The number of pyridine rings is 1. The number of thiazole rings is 1. The third kappa shape index (κ3) is 5.60. The van der Waals surface area contributed by atoms with Crippen LogP contribution < -0.4 is 4.74 Å². The Kier molecular flexibility index (Phi) is 7.31. The number of carbonyl (C=O) groups excluding carboxylic acids is 1. The molecular formula is C32H40N4O2S. The smallest absolute Gasteiger partial charge is 0.242 e. The van der Waals surface area contributed by atoms with E-state index >= 15 is 0 Å². The second-order valence-electron chi connectivity index (χ2n) is 12.7. The lowest BCUT2D eigenvalue weighted by molar-refractivity contribution is -0.132. The summed E-state index contributed by atoms with van der Waals surface area (Å²) in [5.41, 5.74) is 5.48. The van der Waals surface area contributed by atoms with Gasteiger partial charge in [0, 0.05) is 58.9 Å². The molecule has 0 bridgehead atoms. The maximum Gasteiger partial charge on any atom is 0.242 e. The molecule has 1 fully saturated rings. The first-order chi connectivity index (χ1) is 18.5. The quantitative estimate of drug-likeness (QED) is 0.267. The van der Waals surface area contributed by atoms with Crippen molar-refractivity contribution in [3.8, 4) is 16.3 Å². The summed E-state index contributed by atoms with van der Waals surface area (Å²) >= 11 is 1.72. The zero-order valence-corrected chi connectivity index (χ0v) is 25.1. The van der Waals surface area contributed by atoms with E-state index in [0.717, 1.165) is 59.0 Å². The van der Waals surface area contributed by atoms with Crippen molar-refractivity contribution in [2.45, 2.75) is 77.7 Å². The van der Waals surface area contributed by atoms with Crippen LogP contribution in [0.5, 0.6) is 5.75 Å². The lowest BCUT2D eigenvalue weighted by Gasteiger charge is -2.31. The fourth-order valence-corrected chi connectivity index (χ4v) is 6.40. The van der Waals surface area contributed by atoms with E-state index in [1.807, 2.05) is 33.9 Å². The Labute approximate surface area is 236 Å². The number of fused-ring (bicyclic) bond motifs is 1. The van der Waals surface area contributed by atoms with E-state index in [4.69, 9.17) is 9.72 Å². The number of nitrogens with zero attached hydrogens (tertiary/aromatic N) is 4. The summed E-state index contributed by atoms with van der Waals surface area (Å²) in [4.78, 5) is 24.6. The molecule has 0 atom stereocenters. The number of hydrogen-bond donors (Lipinski definition) is 0. The van der Waals surface area contributed by atoms with Crippen molar-refractivity contribution in [3.63, 3.8) is 0 Å². The fraction of sp³-hybridized carbons (Fsp3) is 0.469. The van der Waals surface area contributed by atoms with Crippen LogP contribution in [0.3, 0.4) is 0 Å². The molecule has 0 radical (unpaired) electrons. The van der Waals surface area contributed by atoms with Gasteiger partial charge in [0.05, 0.1) is 12.8 Å². The average Bonchev–Trinajstić information content (AvgIpc) is 3.55. The summed E-state index contributed by atoms with van der Waals surface area (Å²) in [6.45, 7) is 15.3. The summed E-state index contributed by atoms with van der Waals surface area (Å²) in [6.07, 6.45) is 5.59. The molecule has 4 heterocycles. The van der Waals surface area contributed by atoms with Gasteiger partial charge in [-0.15, -0.1) is 11.3 Å². The number of piperidine rings is 1. The molecule has 7 heteroatoms. The number of carbonyl (C=O) groups is 1. The molecule has 0 spiro atoms. The van der Waals surface area contributed by atoms with Crippen molar-refractivity contribution in [2.75, 3.05) is 20.2 Å². The zero-order chi connectivity index (χ0) is 27.9. The Morgan fingerprint density at radius 2 is 1.72 bits per heavy atom. The van der Waals surface area contributed by atoms with Crippen LogP contribution in [0.1, 0.15) is 77.1 Å². The van der Waals surface area contributed by atoms with Crippen molar-refractivity contribution in [1.82, 2.24) is 19.4 Å². The van der Waals surface area contributed by atoms with E-state index in [-0.39, 0.29) is 16.7 Å². The molecule has 1 aliphatic rings. The molecule has 0 saturated carbocycles. The molecule has 0 N–H and O–H groups in total. The Hall–Kier alpha value is -3.19. The molecule has 1 aromatic carbocycles. The van der Waals surface area contributed by atoms with Gasteiger partial charge in [-0.1, -0.05) is 41.5 Å². The number of benzene rings is 1. The van der Waals surface area contributed by atoms with Gasteiger partial charge in [0.2, 0.25) is 5.91 Å². The van der Waals surface area contributed by atoms with E-state index in [0.29, 0.717) is 12.5 Å². The molecule has 39 heavy (non-hydrogen) atoms. The summed E-state index contributed by atoms with van der Waals surface area (Å²) < 4.78 is 7.90. The molecule has 5 rings (SSSR count). The number of amides is 1. The van der Waals surface area contributed by atoms with Gasteiger partial charge >= 0.3 is 0 Å². The van der Waals surface area contributed by atoms with E-state index in [1.165, 1.54) is 11.1 Å². The number of ether oxygens (including phenoxy) is 1. The number of hydrogen-bond acceptors (Lipinski definition) is 5. The van der Waals surface area contributed by atoms with Gasteiger partial charge in [0.25, 0.3) is 0 Å². The molecule has 3 aromatic heterocycles. The summed E-state index contributed by atoms with van der Waals surface area (Å²) in [6, 6.07) is 10.5. The highest BCUT2D eigenvalue weighted by Crippen LogP contribution is 2.43. The minimum absolute atomic E-state index is 0.0518. The maximum atomic E-state index is 13.1. The van der Waals surface area contributed by atoms with Crippen LogP contribution in [0, 0.1) is 0 Å². The van der Waals surface area contributed by atoms with Gasteiger partial charge in [-0.2, -0.15) is 0 Å². The highest BCUT2D eigenvalue weighted by atomic mass is 32.1. The highest BCUT2D eigenvalue weighted by Gasteiger charge is 2.29. The van der Waals surface area contributed by atoms with E-state index in [1.54, 1.807) is 24.6 Å². The maximum absolute atomic E-state index is 13.1. The minimum Gasteiger partial charge on any atom is -0.496 e. The van der Waals surface area contributed by atoms with Crippen LogP contribution in [0.25, 0.3) is 21.6 Å². The van der Waals surface area contributed by atoms with Crippen LogP contribution in [0.2, 0.25) is 0 Å². The first-order valence-corrected chi connectivity index (χ1v) is 14.7. The number of aromatic nitrogens is 3. The largest absolute Gasteiger partial charge is 0.496 e. The van der Waals surface area contributed by atoms with Crippen LogP contribution in [-0.2, 0) is 22.2 Å². The Morgan fingerprint density at radius 1 is 1.05 bits per heavy atom. The monoisotopic (exact) mass is 544 g/mol. The van der Waals surface area contributed by atoms with E-state index in [2.05, 4.69) is 64.0 Å². The van der Waals surface area contributed by atoms with Crippen molar-refractivity contribution in [3.05, 3.63) is 64.9 Å². The molecule has 1 aliphatic heterocycles. The summed E-state index contributed by atoms with van der Waals surface area (Å²) in [5, 5.41) is 4.32. The minimum atomic E-state index is -0.0518. The lowest BCUT2D eigenvalue weighted by atomic mass is 9.78. The zero-order valence-electron chi connectivity index (χ0n) is 24.2. The second kappa shape index (κ2) is 10.4. The van der Waals surface area contributed by atoms with Crippen molar-refractivity contribution in [2.24, 2.45) is 0 Å². The summed E-state index contributed by atoms with van der Waals surface area (Å²) in [5.74, 6) is 1.50. The van der Waals surface area contributed by atoms with Gasteiger partial charge in [-0.25, -0.2) is 9.97 Å². The van der Waals surface area contributed by atoms with Crippen LogP contribution in [0.15, 0.2) is 48.1 Å². The number of rotatable bonds is 5. The van der Waals surface area contributed by atoms with Crippen molar-refractivity contribution in [1.29, 1.82) is 0 Å². The molecule has 4 aromatic rings. The first-order valence-electron chi connectivity index (χ1n) is 13.8. The van der Waals surface area contributed by atoms with Crippen molar-refractivity contribution >= 4 is 28.3 Å². The first kappa shape index (κ1) is 27.4. The van der Waals surface area contributed by atoms with E-state index < -0.39 is 0 Å². The molecule has 1 saturated heterocycles. The van der Waals surface area contributed by atoms with E-state index in [9.17, 15) is 4.79 Å². The third-order valence-corrected chi connectivity index (χ3v) is 8.68. The predicted octanol–water partition coefficient (Wildman–Crippen LogP) is 7.17. The number of likely N-dealkylation sites (tertiary alicyclic amines) is 1. The molecular weight excluding hydrogens is 504 g/mol. The molecule has 0 unspecified atom stereocenters. The van der Waals surface area contributed by atoms with Gasteiger partial charge < -0.3 is 14.2 Å². The highest BCUT2D eigenvalue weighted by molar-refractivity contribution is 7.13. The molecule has 1 amide bonds. The second-order valence-corrected chi connectivity index (χ2v) is 13.6. The lowest BCUT2D eigenvalue weighted by Crippen LogP contribution is -2.39. The van der Waals surface area contributed by atoms with Crippen LogP contribution in [-0.4, -0.2) is 45.5 Å². The standard InChI is InChI=1S/C32H40N4O2S/c1-31(2,3)24-17-23(18-25(28(24)38-7)32(4,5)6)30-34-26(20-39-30)21-10-14-35(15-11-21)27(37)19-36-16-12-22-9-8-13-33-29(22)36/h8-9,12-13,16-18,20-21H,10-11,14-15,19H2,1-7H3.